The summed E-state index contributed by atoms with van der Waals surface area (Å²) in [6.07, 6.45) is -0.0799. The van der Waals surface area contributed by atoms with Crippen molar-refractivity contribution >= 4 is 17.4 Å². The van der Waals surface area contributed by atoms with Crippen molar-refractivity contribution in [1.29, 1.82) is 0 Å². The fourth-order valence-corrected chi connectivity index (χ4v) is 3.00. The molecular weight excluding hydrogens is 298 g/mol. The number of nitrogens with zero attached hydrogens (tertiary/aromatic N) is 1. The normalized spacial score (nSPS) is 12.0. The Bertz CT molecular complexity index is 613. The molecule has 5 nitrogen and oxygen atoms in total. The topological polar surface area (TPSA) is 74.2 Å². The van der Waals surface area contributed by atoms with Gasteiger partial charge in [-0.15, -0.1) is 11.3 Å². The number of urea groups is 1. The lowest BCUT2D eigenvalue weighted by molar-refractivity contribution is 0.167. The average Bonchev–Trinajstić information content (AvgIpc) is 2.84. The first kappa shape index (κ1) is 16.5. The molecule has 1 aromatic heterocycles. The van der Waals surface area contributed by atoms with Gasteiger partial charge in [-0.25, -0.2) is 9.78 Å². The molecule has 6 heteroatoms. The molecule has 0 fully saturated rings. The number of benzene rings is 1. The molecule has 0 bridgehead atoms. The number of aromatic nitrogens is 1. The zero-order chi connectivity index (χ0) is 15.9. The molecule has 118 valence electrons. The molecule has 0 aliphatic rings. The number of rotatable bonds is 6. The summed E-state index contributed by atoms with van der Waals surface area (Å²) >= 11 is 1.59. The van der Waals surface area contributed by atoms with Gasteiger partial charge in [-0.05, 0) is 25.8 Å². The van der Waals surface area contributed by atoms with Gasteiger partial charge in [0.25, 0.3) is 0 Å². The van der Waals surface area contributed by atoms with E-state index in [2.05, 4.69) is 15.6 Å². The number of carbonyl (C=O) groups excluding carboxylic acids is 1. The Morgan fingerprint density at radius 3 is 2.64 bits per heavy atom. The maximum atomic E-state index is 11.7. The third-order valence-corrected chi connectivity index (χ3v) is 4.37. The molecule has 1 atom stereocenters. The SMILES string of the molecule is Cc1nc(C)c(CNC(=O)NCCC(O)c2ccccc2)s1. The Labute approximate surface area is 134 Å². The second kappa shape index (κ2) is 7.91. The largest absolute Gasteiger partial charge is 0.388 e. The third kappa shape index (κ3) is 4.82. The van der Waals surface area contributed by atoms with Crippen LogP contribution in [0.1, 0.15) is 33.7 Å². The lowest BCUT2D eigenvalue weighted by atomic mass is 10.1. The van der Waals surface area contributed by atoms with E-state index in [9.17, 15) is 9.90 Å². The molecule has 22 heavy (non-hydrogen) atoms. The van der Waals surface area contributed by atoms with Crippen molar-refractivity contribution in [2.75, 3.05) is 6.54 Å². The molecule has 2 rings (SSSR count). The second-order valence-corrected chi connectivity index (χ2v) is 6.35. The van der Waals surface area contributed by atoms with E-state index in [0.29, 0.717) is 19.5 Å². The molecule has 2 amide bonds. The smallest absolute Gasteiger partial charge is 0.315 e. The number of nitrogens with one attached hydrogen (secondary N) is 2. The molecule has 0 saturated heterocycles. The summed E-state index contributed by atoms with van der Waals surface area (Å²) in [5, 5.41) is 16.6. The van der Waals surface area contributed by atoms with Crippen LogP contribution < -0.4 is 10.6 Å². The molecule has 0 radical (unpaired) electrons. The average molecular weight is 319 g/mol. The van der Waals surface area contributed by atoms with Crippen molar-refractivity contribution in [2.24, 2.45) is 0 Å². The molecule has 2 aromatic rings. The number of amides is 2. The molecule has 1 heterocycles. The number of carbonyl (C=O) groups is 1. The summed E-state index contributed by atoms with van der Waals surface area (Å²) in [5.41, 5.74) is 1.82. The van der Waals surface area contributed by atoms with E-state index in [4.69, 9.17) is 0 Å². The van der Waals surface area contributed by atoms with Crippen LogP contribution in [0, 0.1) is 13.8 Å². The molecule has 0 spiro atoms. The summed E-state index contributed by atoms with van der Waals surface area (Å²) in [7, 11) is 0. The highest BCUT2D eigenvalue weighted by Gasteiger charge is 2.09. The lowest BCUT2D eigenvalue weighted by Gasteiger charge is -2.12. The van der Waals surface area contributed by atoms with Gasteiger partial charge in [-0.2, -0.15) is 0 Å². The second-order valence-electron chi connectivity index (χ2n) is 5.07. The number of aliphatic hydroxyl groups is 1. The van der Waals surface area contributed by atoms with Crippen LogP contribution in [0.15, 0.2) is 30.3 Å². The monoisotopic (exact) mass is 319 g/mol. The number of hydrogen-bond donors (Lipinski definition) is 3. The summed E-state index contributed by atoms with van der Waals surface area (Å²) in [5.74, 6) is 0. The van der Waals surface area contributed by atoms with E-state index in [0.717, 1.165) is 21.1 Å². The molecule has 1 aromatic carbocycles. The summed E-state index contributed by atoms with van der Waals surface area (Å²) < 4.78 is 0. The highest BCUT2D eigenvalue weighted by atomic mass is 32.1. The number of aliphatic hydroxyl groups excluding tert-OH is 1. The van der Waals surface area contributed by atoms with Crippen LogP contribution in [0.25, 0.3) is 0 Å². The minimum atomic E-state index is -0.562. The van der Waals surface area contributed by atoms with Crippen molar-refractivity contribution in [3.63, 3.8) is 0 Å². The minimum Gasteiger partial charge on any atom is -0.388 e. The van der Waals surface area contributed by atoms with Gasteiger partial charge in [-0.1, -0.05) is 30.3 Å². The van der Waals surface area contributed by atoms with Gasteiger partial charge in [0.1, 0.15) is 0 Å². The molecule has 1 unspecified atom stereocenters. The van der Waals surface area contributed by atoms with Gasteiger partial charge in [0, 0.05) is 11.4 Å². The Hall–Kier alpha value is -1.92. The van der Waals surface area contributed by atoms with Crippen LogP contribution >= 0.6 is 11.3 Å². The zero-order valence-corrected chi connectivity index (χ0v) is 13.6. The van der Waals surface area contributed by atoms with Crippen molar-refractivity contribution < 1.29 is 9.90 Å². The van der Waals surface area contributed by atoms with E-state index in [-0.39, 0.29) is 6.03 Å². The fraction of sp³-hybridized carbons (Fsp3) is 0.375. The van der Waals surface area contributed by atoms with Crippen LogP contribution in [0.3, 0.4) is 0 Å². The zero-order valence-electron chi connectivity index (χ0n) is 12.8. The van der Waals surface area contributed by atoms with Crippen LogP contribution in [0.4, 0.5) is 4.79 Å². The van der Waals surface area contributed by atoms with Gasteiger partial charge >= 0.3 is 6.03 Å². The summed E-state index contributed by atoms with van der Waals surface area (Å²) in [6.45, 7) is 4.79. The van der Waals surface area contributed by atoms with E-state index in [1.807, 2.05) is 44.2 Å². The summed E-state index contributed by atoms with van der Waals surface area (Å²) in [6, 6.07) is 9.20. The fourth-order valence-electron chi connectivity index (χ4n) is 2.12. The number of hydrogen-bond acceptors (Lipinski definition) is 4. The predicted molar refractivity (Wildman–Crippen MR) is 87.8 cm³/mol. The standard InChI is InChI=1S/C16H21N3O2S/c1-11-15(22-12(2)19-11)10-18-16(21)17-9-8-14(20)13-6-4-3-5-7-13/h3-7,14,20H,8-10H2,1-2H3,(H2,17,18,21). The molecular formula is C16H21N3O2S. The first-order chi connectivity index (χ1) is 10.6. The van der Waals surface area contributed by atoms with Crippen molar-refractivity contribution in [3.8, 4) is 0 Å². The van der Waals surface area contributed by atoms with Crippen LogP contribution in [0.2, 0.25) is 0 Å². The molecule has 0 aliphatic carbocycles. The van der Waals surface area contributed by atoms with E-state index >= 15 is 0 Å². The third-order valence-electron chi connectivity index (χ3n) is 3.30. The predicted octanol–water partition coefficient (Wildman–Crippen LogP) is 2.68. The first-order valence-electron chi connectivity index (χ1n) is 7.24. The van der Waals surface area contributed by atoms with Crippen LogP contribution in [-0.4, -0.2) is 22.7 Å². The Kier molecular flexibility index (Phi) is 5.91. The number of thiazole rings is 1. The van der Waals surface area contributed by atoms with Gasteiger partial charge in [0.05, 0.1) is 23.4 Å². The van der Waals surface area contributed by atoms with Crippen molar-refractivity contribution in [1.82, 2.24) is 15.6 Å². The summed E-state index contributed by atoms with van der Waals surface area (Å²) in [4.78, 5) is 17.1. The Balaban J connectivity index is 1.69. The van der Waals surface area contributed by atoms with Gasteiger partial charge in [0.15, 0.2) is 0 Å². The Morgan fingerprint density at radius 1 is 1.27 bits per heavy atom. The molecule has 0 saturated carbocycles. The Morgan fingerprint density at radius 2 is 2.00 bits per heavy atom. The maximum absolute atomic E-state index is 11.7. The first-order valence-corrected chi connectivity index (χ1v) is 8.05. The maximum Gasteiger partial charge on any atom is 0.315 e. The van der Waals surface area contributed by atoms with E-state index in [1.54, 1.807) is 11.3 Å². The van der Waals surface area contributed by atoms with Crippen molar-refractivity contribution in [3.05, 3.63) is 51.5 Å². The van der Waals surface area contributed by atoms with Crippen molar-refractivity contribution in [2.45, 2.75) is 32.9 Å². The van der Waals surface area contributed by atoms with Crippen LogP contribution in [-0.2, 0) is 6.54 Å². The number of aryl methyl sites for hydroxylation is 2. The highest BCUT2D eigenvalue weighted by Crippen LogP contribution is 2.16. The van der Waals surface area contributed by atoms with E-state index < -0.39 is 6.10 Å². The van der Waals surface area contributed by atoms with Gasteiger partial charge < -0.3 is 15.7 Å². The molecule has 0 aliphatic heterocycles. The lowest BCUT2D eigenvalue weighted by Crippen LogP contribution is -2.36. The quantitative estimate of drug-likeness (QED) is 0.766. The van der Waals surface area contributed by atoms with Gasteiger partial charge in [-0.3, -0.25) is 0 Å². The van der Waals surface area contributed by atoms with E-state index in [1.165, 1.54) is 0 Å². The van der Waals surface area contributed by atoms with Gasteiger partial charge in [0.2, 0.25) is 0 Å². The highest BCUT2D eigenvalue weighted by molar-refractivity contribution is 7.11. The minimum absolute atomic E-state index is 0.231. The molecule has 3 N–H and O–H groups in total. The van der Waals surface area contributed by atoms with Crippen LogP contribution in [0.5, 0.6) is 0 Å².